The minimum Gasteiger partial charge on any atom is -0.466 e. The van der Waals surface area contributed by atoms with Crippen molar-refractivity contribution >= 4 is 23.7 Å². The molecule has 0 aromatic carbocycles. The number of carbonyl (C=O) groups excluding carboxylic acids is 2. The molecule has 3 saturated heterocycles. The van der Waals surface area contributed by atoms with Gasteiger partial charge in [-0.2, -0.15) is 11.8 Å². The zero-order valence-corrected chi connectivity index (χ0v) is 21.7. The van der Waals surface area contributed by atoms with Crippen LogP contribution in [0.15, 0.2) is 0 Å². The molecule has 3 aliphatic heterocycles. The van der Waals surface area contributed by atoms with Crippen LogP contribution >= 0.6 is 11.8 Å². The lowest BCUT2D eigenvalue weighted by atomic mass is 9.87. The molecule has 0 aromatic heterocycles. The maximum atomic E-state index is 14.0. The minimum absolute atomic E-state index is 0.0596. The second-order valence-corrected chi connectivity index (χ2v) is 12.2. The summed E-state index contributed by atoms with van der Waals surface area (Å²) >= 11 is 2.03. The zero-order chi connectivity index (χ0) is 23.6. The summed E-state index contributed by atoms with van der Waals surface area (Å²) in [5.74, 6) is 1.96. The van der Waals surface area contributed by atoms with Gasteiger partial charge < -0.3 is 14.2 Å². The number of fused-ring (bicyclic) bond motifs is 1. The summed E-state index contributed by atoms with van der Waals surface area (Å²) in [6, 6.07) is 0. The largest absolute Gasteiger partial charge is 0.466 e. The Morgan fingerprint density at radius 2 is 1.55 bits per heavy atom. The Kier molecular flexibility index (Phi) is 7.98. The maximum Gasteiger partial charge on any atom is 0.371 e. The van der Waals surface area contributed by atoms with Crippen LogP contribution in [0.2, 0.25) is 0 Å². The average molecular weight is 483 g/mol. The van der Waals surface area contributed by atoms with Crippen molar-refractivity contribution in [2.24, 2.45) is 17.8 Å². The van der Waals surface area contributed by atoms with E-state index in [-0.39, 0.29) is 24.0 Å². The van der Waals surface area contributed by atoms with Crippen molar-refractivity contribution in [2.45, 2.75) is 83.8 Å². The van der Waals surface area contributed by atoms with Crippen molar-refractivity contribution in [1.29, 1.82) is 0 Å². The van der Waals surface area contributed by atoms with Crippen LogP contribution in [-0.2, 0) is 23.8 Å². The summed E-state index contributed by atoms with van der Waals surface area (Å²) in [5.41, 5.74) is -0.585. The third-order valence-corrected chi connectivity index (χ3v) is 8.82. The molecule has 1 unspecified atom stereocenters. The molecule has 4 rings (SSSR count). The highest BCUT2D eigenvalue weighted by molar-refractivity contribution is 7.99. The fourth-order valence-corrected chi connectivity index (χ4v) is 7.36. The van der Waals surface area contributed by atoms with Crippen molar-refractivity contribution in [3.63, 3.8) is 0 Å². The van der Waals surface area contributed by atoms with Gasteiger partial charge in [-0.1, -0.05) is 0 Å². The number of nitrogens with zero attached hydrogens (tertiary/aromatic N) is 2. The summed E-state index contributed by atoms with van der Waals surface area (Å²) in [6.45, 7) is 11.5. The molecule has 8 heteroatoms. The van der Waals surface area contributed by atoms with Gasteiger partial charge in [0.1, 0.15) is 5.60 Å². The summed E-state index contributed by atoms with van der Waals surface area (Å²) in [4.78, 5) is 30.8. The van der Waals surface area contributed by atoms with Gasteiger partial charge in [0.25, 0.3) is 5.85 Å². The van der Waals surface area contributed by atoms with Crippen molar-refractivity contribution < 1.29 is 23.8 Å². The second-order valence-electron chi connectivity index (χ2n) is 11.1. The highest BCUT2D eigenvalue weighted by atomic mass is 32.2. The Bertz CT molecular complexity index is 687. The Balaban J connectivity index is 1.57. The molecule has 4 aliphatic rings. The first-order valence-corrected chi connectivity index (χ1v) is 14.0. The first-order valence-electron chi connectivity index (χ1n) is 12.9. The SMILES string of the molecule is CCOC(=O)C1CCC(OC(C(=O)OC(C)(C)C)(N2CCCC2)N2C[C@H]3CSC[C@H]3C2)CC1. The van der Waals surface area contributed by atoms with Crippen LogP contribution in [0.25, 0.3) is 0 Å². The Hall–Kier alpha value is -0.830. The fraction of sp³-hybridized carbons (Fsp3) is 0.920. The third-order valence-electron chi connectivity index (χ3n) is 7.49. The second kappa shape index (κ2) is 10.4. The summed E-state index contributed by atoms with van der Waals surface area (Å²) in [7, 11) is 0. The van der Waals surface area contributed by atoms with Crippen LogP contribution in [0.5, 0.6) is 0 Å². The number of thioether (sulfide) groups is 1. The van der Waals surface area contributed by atoms with E-state index < -0.39 is 11.4 Å². The van der Waals surface area contributed by atoms with Crippen molar-refractivity contribution in [1.82, 2.24) is 9.80 Å². The number of likely N-dealkylation sites (tertiary alicyclic amines) is 2. The molecular formula is C25H42N2O5S. The van der Waals surface area contributed by atoms with Gasteiger partial charge in [-0.15, -0.1) is 0 Å². The molecule has 0 spiro atoms. The third kappa shape index (κ3) is 5.54. The topological polar surface area (TPSA) is 68.3 Å². The quantitative estimate of drug-likeness (QED) is 0.511. The van der Waals surface area contributed by atoms with E-state index >= 15 is 0 Å². The van der Waals surface area contributed by atoms with E-state index in [9.17, 15) is 9.59 Å². The van der Waals surface area contributed by atoms with E-state index in [2.05, 4.69) is 9.80 Å². The lowest BCUT2D eigenvalue weighted by Gasteiger charge is -2.48. The molecule has 4 fully saturated rings. The molecule has 3 atom stereocenters. The van der Waals surface area contributed by atoms with E-state index in [1.54, 1.807) is 0 Å². The van der Waals surface area contributed by atoms with Crippen LogP contribution in [0.4, 0.5) is 0 Å². The van der Waals surface area contributed by atoms with Gasteiger partial charge >= 0.3 is 11.9 Å². The Morgan fingerprint density at radius 1 is 0.939 bits per heavy atom. The van der Waals surface area contributed by atoms with Gasteiger partial charge in [0, 0.05) is 26.2 Å². The number of carbonyl (C=O) groups is 2. The maximum absolute atomic E-state index is 14.0. The molecule has 0 radical (unpaired) electrons. The average Bonchev–Trinajstić information content (AvgIpc) is 3.49. The lowest BCUT2D eigenvalue weighted by Crippen LogP contribution is -2.68. The molecule has 0 aromatic rings. The summed E-state index contributed by atoms with van der Waals surface area (Å²) in [5, 5.41) is 0. The van der Waals surface area contributed by atoms with Crippen LogP contribution in [-0.4, -0.2) is 83.6 Å². The standard InChI is InChI=1S/C25H42N2O5S/c1-5-30-22(28)18-8-10-21(11-9-18)31-25(26-12-6-7-13-26,23(29)32-24(2,3)4)27-14-19-16-33-17-20(19)15-27/h18-21H,5-17H2,1-4H3/t18?,19-,20+,21?,25?. The first-order chi connectivity index (χ1) is 15.7. The highest BCUT2D eigenvalue weighted by Gasteiger charge is 2.58. The molecular weight excluding hydrogens is 440 g/mol. The van der Waals surface area contributed by atoms with Gasteiger partial charge in [-0.05, 0) is 89.6 Å². The number of hydrogen-bond acceptors (Lipinski definition) is 8. The number of rotatable bonds is 7. The highest BCUT2D eigenvalue weighted by Crippen LogP contribution is 2.43. The smallest absolute Gasteiger partial charge is 0.371 e. The number of esters is 2. The van der Waals surface area contributed by atoms with Gasteiger partial charge in [0.05, 0.1) is 18.6 Å². The molecule has 7 nitrogen and oxygen atoms in total. The van der Waals surface area contributed by atoms with Gasteiger partial charge in [0.15, 0.2) is 0 Å². The van der Waals surface area contributed by atoms with E-state index in [4.69, 9.17) is 14.2 Å². The van der Waals surface area contributed by atoms with Crippen LogP contribution in [0.3, 0.4) is 0 Å². The summed E-state index contributed by atoms with van der Waals surface area (Å²) in [6.07, 6.45) is 5.08. The van der Waals surface area contributed by atoms with Crippen molar-refractivity contribution in [2.75, 3.05) is 44.3 Å². The number of hydrogen-bond donors (Lipinski definition) is 0. The molecule has 0 bridgehead atoms. The molecule has 1 saturated carbocycles. The minimum atomic E-state index is -1.17. The van der Waals surface area contributed by atoms with Gasteiger partial charge in [-0.25, -0.2) is 4.79 Å². The fourth-order valence-electron chi connectivity index (χ4n) is 5.86. The molecule has 3 heterocycles. The molecule has 188 valence electrons. The zero-order valence-electron chi connectivity index (χ0n) is 20.8. The van der Waals surface area contributed by atoms with E-state index in [1.807, 2.05) is 39.5 Å². The van der Waals surface area contributed by atoms with Crippen molar-refractivity contribution in [3.8, 4) is 0 Å². The van der Waals surface area contributed by atoms with Crippen LogP contribution < -0.4 is 0 Å². The predicted octanol–water partition coefficient (Wildman–Crippen LogP) is 3.51. The molecule has 1 aliphatic carbocycles. The lowest BCUT2D eigenvalue weighted by molar-refractivity contribution is -0.275. The molecule has 33 heavy (non-hydrogen) atoms. The van der Waals surface area contributed by atoms with E-state index in [0.29, 0.717) is 18.4 Å². The molecule has 0 N–H and O–H groups in total. The van der Waals surface area contributed by atoms with Crippen LogP contribution in [0.1, 0.15) is 66.2 Å². The Morgan fingerprint density at radius 3 is 2.09 bits per heavy atom. The monoisotopic (exact) mass is 482 g/mol. The molecule has 0 amide bonds. The van der Waals surface area contributed by atoms with Gasteiger partial charge in [0.2, 0.25) is 0 Å². The van der Waals surface area contributed by atoms with E-state index in [1.165, 1.54) is 0 Å². The van der Waals surface area contributed by atoms with E-state index in [0.717, 1.165) is 76.2 Å². The van der Waals surface area contributed by atoms with Crippen molar-refractivity contribution in [3.05, 3.63) is 0 Å². The predicted molar refractivity (Wildman–Crippen MR) is 129 cm³/mol. The summed E-state index contributed by atoms with van der Waals surface area (Å²) < 4.78 is 18.2. The van der Waals surface area contributed by atoms with Gasteiger partial charge in [-0.3, -0.25) is 14.6 Å². The van der Waals surface area contributed by atoms with Crippen LogP contribution in [0, 0.1) is 17.8 Å². The first kappa shape index (κ1) is 25.3. The Labute approximate surface area is 203 Å². The normalized spacial score (nSPS) is 33.0. The number of ether oxygens (including phenoxy) is 3.